The van der Waals surface area contributed by atoms with E-state index >= 15 is 0 Å². The number of rotatable bonds is 6. The molecule has 1 aromatic carbocycles. The molecule has 0 aliphatic heterocycles. The summed E-state index contributed by atoms with van der Waals surface area (Å²) in [6.45, 7) is 4.49. The molecule has 0 spiro atoms. The minimum atomic E-state index is 0.181. The van der Waals surface area contributed by atoms with E-state index in [0.717, 1.165) is 30.8 Å². The highest BCUT2D eigenvalue weighted by atomic mass is 16.5. The Balaban J connectivity index is 2.53. The van der Waals surface area contributed by atoms with Crippen molar-refractivity contribution in [3.8, 4) is 5.75 Å². The predicted octanol–water partition coefficient (Wildman–Crippen LogP) is 3.00. The molecule has 1 rings (SSSR count). The van der Waals surface area contributed by atoms with Crippen LogP contribution in [0.5, 0.6) is 5.75 Å². The van der Waals surface area contributed by atoms with Crippen molar-refractivity contribution >= 4 is 5.78 Å². The van der Waals surface area contributed by atoms with Gasteiger partial charge in [-0.3, -0.25) is 4.79 Å². The Kier molecular flexibility index (Phi) is 4.88. The maximum atomic E-state index is 10.9. The standard InChI is InChI=1S/C13H18O2/c1-3-4-8-15-13-7-5-6-12(10-13)9-11(2)14/h5-7,10H,3-4,8-9H2,1-2H3. The first-order valence-electron chi connectivity index (χ1n) is 5.43. The molecule has 0 saturated heterocycles. The Hall–Kier alpha value is -1.31. The number of hydrogen-bond donors (Lipinski definition) is 0. The molecule has 0 bridgehead atoms. The van der Waals surface area contributed by atoms with E-state index in [2.05, 4.69) is 6.92 Å². The van der Waals surface area contributed by atoms with Crippen LogP contribution >= 0.6 is 0 Å². The number of unbranched alkanes of at least 4 members (excludes halogenated alkanes) is 1. The van der Waals surface area contributed by atoms with E-state index in [1.54, 1.807) is 6.92 Å². The lowest BCUT2D eigenvalue weighted by atomic mass is 10.1. The molecule has 0 heterocycles. The van der Waals surface area contributed by atoms with Crippen LogP contribution < -0.4 is 4.74 Å². The fourth-order valence-corrected chi connectivity index (χ4v) is 1.37. The predicted molar refractivity (Wildman–Crippen MR) is 61.2 cm³/mol. The fraction of sp³-hybridized carbons (Fsp3) is 0.462. The summed E-state index contributed by atoms with van der Waals surface area (Å²) in [4.78, 5) is 10.9. The minimum absolute atomic E-state index is 0.181. The zero-order chi connectivity index (χ0) is 11.1. The number of carbonyl (C=O) groups is 1. The zero-order valence-corrected chi connectivity index (χ0v) is 9.45. The van der Waals surface area contributed by atoms with Crippen molar-refractivity contribution in [2.75, 3.05) is 6.61 Å². The summed E-state index contributed by atoms with van der Waals surface area (Å²) in [5.41, 5.74) is 1.02. The van der Waals surface area contributed by atoms with E-state index in [-0.39, 0.29) is 5.78 Å². The molecular weight excluding hydrogens is 188 g/mol. The number of ether oxygens (including phenoxy) is 1. The first-order chi connectivity index (χ1) is 7.22. The van der Waals surface area contributed by atoms with Crippen molar-refractivity contribution < 1.29 is 9.53 Å². The molecule has 1 aromatic rings. The lowest BCUT2D eigenvalue weighted by Gasteiger charge is -2.06. The number of carbonyl (C=O) groups excluding carboxylic acids is 1. The maximum Gasteiger partial charge on any atom is 0.134 e. The van der Waals surface area contributed by atoms with Crippen molar-refractivity contribution in [2.45, 2.75) is 33.1 Å². The second kappa shape index (κ2) is 6.23. The van der Waals surface area contributed by atoms with Crippen molar-refractivity contribution in [3.05, 3.63) is 29.8 Å². The van der Waals surface area contributed by atoms with E-state index in [9.17, 15) is 4.79 Å². The van der Waals surface area contributed by atoms with E-state index in [4.69, 9.17) is 4.74 Å². The first kappa shape index (κ1) is 11.8. The molecule has 15 heavy (non-hydrogen) atoms. The Morgan fingerprint density at radius 3 is 2.87 bits per heavy atom. The van der Waals surface area contributed by atoms with Crippen LogP contribution in [0, 0.1) is 0 Å². The highest BCUT2D eigenvalue weighted by molar-refractivity contribution is 5.78. The fourth-order valence-electron chi connectivity index (χ4n) is 1.37. The molecule has 0 radical (unpaired) electrons. The quantitative estimate of drug-likeness (QED) is 0.669. The molecule has 0 aliphatic rings. The van der Waals surface area contributed by atoms with Gasteiger partial charge in [-0.2, -0.15) is 0 Å². The van der Waals surface area contributed by atoms with Gasteiger partial charge >= 0.3 is 0 Å². The molecule has 0 fully saturated rings. The number of hydrogen-bond acceptors (Lipinski definition) is 2. The summed E-state index contributed by atoms with van der Waals surface area (Å²) in [5.74, 6) is 1.04. The summed E-state index contributed by atoms with van der Waals surface area (Å²) < 4.78 is 5.56. The third kappa shape index (κ3) is 4.63. The molecule has 0 saturated carbocycles. The molecule has 0 aliphatic carbocycles. The van der Waals surface area contributed by atoms with Gasteiger partial charge in [-0.05, 0) is 31.0 Å². The summed E-state index contributed by atoms with van der Waals surface area (Å²) in [6, 6.07) is 7.75. The van der Waals surface area contributed by atoms with Crippen LogP contribution in [0.4, 0.5) is 0 Å². The Bertz CT molecular complexity index is 318. The SMILES string of the molecule is CCCCOc1cccc(CC(C)=O)c1. The minimum Gasteiger partial charge on any atom is -0.494 e. The lowest BCUT2D eigenvalue weighted by molar-refractivity contribution is -0.116. The molecule has 2 nitrogen and oxygen atoms in total. The van der Waals surface area contributed by atoms with Crippen molar-refractivity contribution in [3.63, 3.8) is 0 Å². The van der Waals surface area contributed by atoms with Gasteiger partial charge < -0.3 is 4.74 Å². The van der Waals surface area contributed by atoms with Gasteiger partial charge in [0.2, 0.25) is 0 Å². The molecule has 0 aromatic heterocycles. The van der Waals surface area contributed by atoms with Gasteiger partial charge in [0.25, 0.3) is 0 Å². The molecular formula is C13H18O2. The van der Waals surface area contributed by atoms with Crippen LogP contribution in [0.25, 0.3) is 0 Å². The van der Waals surface area contributed by atoms with E-state index < -0.39 is 0 Å². The largest absolute Gasteiger partial charge is 0.494 e. The smallest absolute Gasteiger partial charge is 0.134 e. The van der Waals surface area contributed by atoms with Crippen LogP contribution in [-0.2, 0) is 11.2 Å². The van der Waals surface area contributed by atoms with Crippen LogP contribution in [0.2, 0.25) is 0 Å². The van der Waals surface area contributed by atoms with Gasteiger partial charge in [-0.1, -0.05) is 25.5 Å². The number of ketones is 1. The molecule has 0 N–H and O–H groups in total. The van der Waals surface area contributed by atoms with Crippen LogP contribution in [0.3, 0.4) is 0 Å². The molecule has 82 valence electrons. The van der Waals surface area contributed by atoms with Crippen molar-refractivity contribution in [1.29, 1.82) is 0 Å². The summed E-state index contributed by atoms with van der Waals surface area (Å²) in [6.07, 6.45) is 2.69. The van der Waals surface area contributed by atoms with Crippen molar-refractivity contribution in [2.24, 2.45) is 0 Å². The second-order valence-corrected chi connectivity index (χ2v) is 3.73. The van der Waals surface area contributed by atoms with E-state index in [0.29, 0.717) is 6.42 Å². The maximum absolute atomic E-state index is 10.9. The van der Waals surface area contributed by atoms with Gasteiger partial charge in [0.15, 0.2) is 0 Å². The molecule has 2 heteroatoms. The molecule has 0 atom stereocenters. The van der Waals surface area contributed by atoms with E-state index in [1.807, 2.05) is 24.3 Å². The summed E-state index contributed by atoms with van der Waals surface area (Å²) in [5, 5.41) is 0. The van der Waals surface area contributed by atoms with Crippen molar-refractivity contribution in [1.82, 2.24) is 0 Å². The monoisotopic (exact) mass is 206 g/mol. The third-order valence-electron chi connectivity index (χ3n) is 2.12. The van der Waals surface area contributed by atoms with Gasteiger partial charge in [0, 0.05) is 6.42 Å². The summed E-state index contributed by atoms with van der Waals surface area (Å²) in [7, 11) is 0. The van der Waals surface area contributed by atoms with E-state index in [1.165, 1.54) is 0 Å². The van der Waals surface area contributed by atoms with Crippen LogP contribution in [0.1, 0.15) is 32.3 Å². The average molecular weight is 206 g/mol. The molecule has 0 unspecified atom stereocenters. The summed E-state index contributed by atoms with van der Waals surface area (Å²) >= 11 is 0. The second-order valence-electron chi connectivity index (χ2n) is 3.73. The highest BCUT2D eigenvalue weighted by Crippen LogP contribution is 2.14. The van der Waals surface area contributed by atoms with Gasteiger partial charge in [-0.25, -0.2) is 0 Å². The van der Waals surface area contributed by atoms with Gasteiger partial charge in [0.05, 0.1) is 6.61 Å². The van der Waals surface area contributed by atoms with Crippen LogP contribution in [-0.4, -0.2) is 12.4 Å². The van der Waals surface area contributed by atoms with Gasteiger partial charge in [-0.15, -0.1) is 0 Å². The highest BCUT2D eigenvalue weighted by Gasteiger charge is 1.99. The topological polar surface area (TPSA) is 26.3 Å². The zero-order valence-electron chi connectivity index (χ0n) is 9.45. The van der Waals surface area contributed by atoms with Gasteiger partial charge in [0.1, 0.15) is 11.5 Å². The Morgan fingerprint density at radius 1 is 1.40 bits per heavy atom. The Morgan fingerprint density at radius 2 is 2.20 bits per heavy atom. The normalized spacial score (nSPS) is 10.0. The third-order valence-corrected chi connectivity index (χ3v) is 2.12. The Labute approximate surface area is 91.3 Å². The lowest BCUT2D eigenvalue weighted by Crippen LogP contribution is -1.99. The first-order valence-corrected chi connectivity index (χ1v) is 5.43. The molecule has 0 amide bonds. The van der Waals surface area contributed by atoms with Crippen LogP contribution in [0.15, 0.2) is 24.3 Å². The number of Topliss-reactive ketones (excluding diaryl/α,β-unsaturated/α-hetero) is 1. The average Bonchev–Trinajstić information content (AvgIpc) is 2.18. The number of benzene rings is 1.